The molecule has 0 aliphatic rings. The number of nitrogens with two attached hydrogens (primary N) is 1. The van der Waals surface area contributed by atoms with E-state index in [1.807, 2.05) is 12.1 Å². The second-order valence-electron chi connectivity index (χ2n) is 2.94. The fourth-order valence-electron chi connectivity index (χ4n) is 1.24. The summed E-state index contributed by atoms with van der Waals surface area (Å²) in [5.74, 6) is 4.95. The predicted octanol–water partition coefficient (Wildman–Crippen LogP) is 2.34. The normalized spacial score (nSPS) is 10.4. The van der Waals surface area contributed by atoms with Crippen LogP contribution in [0.4, 0.5) is 0 Å². The van der Waals surface area contributed by atoms with Crippen LogP contribution in [0.2, 0.25) is 5.02 Å². The zero-order valence-corrected chi connectivity index (χ0v) is 8.47. The molecule has 0 fully saturated rings. The van der Waals surface area contributed by atoms with Gasteiger partial charge in [-0.2, -0.15) is 0 Å². The van der Waals surface area contributed by atoms with E-state index in [9.17, 15) is 0 Å². The van der Waals surface area contributed by atoms with Crippen molar-refractivity contribution in [2.75, 3.05) is 6.61 Å². The van der Waals surface area contributed by atoms with Crippen LogP contribution in [-0.4, -0.2) is 6.61 Å². The Labute approximate surface area is 83.6 Å². The molecule has 3 heteroatoms. The first-order chi connectivity index (χ1) is 6.26. The number of hydrogen-bond donors (Lipinski definition) is 1. The zero-order chi connectivity index (χ0) is 9.68. The summed E-state index contributed by atoms with van der Waals surface area (Å²) in [5.41, 5.74) is 2.43. The molecule has 0 radical (unpaired) electrons. The summed E-state index contributed by atoms with van der Waals surface area (Å²) < 4.78 is 0. The second kappa shape index (κ2) is 5.22. The third kappa shape index (κ3) is 3.35. The van der Waals surface area contributed by atoms with Crippen LogP contribution < -0.4 is 5.90 Å². The van der Waals surface area contributed by atoms with Crippen LogP contribution in [0.5, 0.6) is 0 Å². The van der Waals surface area contributed by atoms with Crippen LogP contribution in [0, 0.1) is 0 Å². The van der Waals surface area contributed by atoms with Crippen LogP contribution in [0.15, 0.2) is 18.2 Å². The van der Waals surface area contributed by atoms with Crippen molar-refractivity contribution >= 4 is 11.6 Å². The summed E-state index contributed by atoms with van der Waals surface area (Å²) in [6.07, 6.45) is 1.81. The van der Waals surface area contributed by atoms with Crippen molar-refractivity contribution in [1.29, 1.82) is 0 Å². The first-order valence-electron chi connectivity index (χ1n) is 4.36. The topological polar surface area (TPSA) is 35.2 Å². The van der Waals surface area contributed by atoms with E-state index >= 15 is 0 Å². The zero-order valence-electron chi connectivity index (χ0n) is 7.72. The average Bonchev–Trinajstić information content (AvgIpc) is 2.14. The Morgan fingerprint density at radius 2 is 2.00 bits per heavy atom. The summed E-state index contributed by atoms with van der Waals surface area (Å²) in [5, 5.41) is 0.784. The standard InChI is InChI=1S/C10H14ClNO/c1-2-8-5-9(3-4-13-12)7-10(11)6-8/h5-7H,2-4,12H2,1H3. The van der Waals surface area contributed by atoms with Crippen molar-refractivity contribution in [3.63, 3.8) is 0 Å². The van der Waals surface area contributed by atoms with E-state index in [-0.39, 0.29) is 0 Å². The highest BCUT2D eigenvalue weighted by Crippen LogP contribution is 2.16. The predicted molar refractivity (Wildman–Crippen MR) is 54.7 cm³/mol. The summed E-state index contributed by atoms with van der Waals surface area (Å²) >= 11 is 5.94. The van der Waals surface area contributed by atoms with Crippen LogP contribution in [-0.2, 0) is 17.7 Å². The van der Waals surface area contributed by atoms with Gasteiger partial charge in [0.1, 0.15) is 0 Å². The fourth-order valence-corrected chi connectivity index (χ4v) is 1.52. The van der Waals surface area contributed by atoms with E-state index in [0.29, 0.717) is 6.61 Å². The molecule has 0 saturated heterocycles. The molecule has 2 N–H and O–H groups in total. The van der Waals surface area contributed by atoms with Gasteiger partial charge in [-0.15, -0.1) is 0 Å². The van der Waals surface area contributed by atoms with Crippen molar-refractivity contribution in [3.8, 4) is 0 Å². The van der Waals surface area contributed by atoms with Gasteiger partial charge in [0.2, 0.25) is 0 Å². The monoisotopic (exact) mass is 199 g/mol. The Hall–Kier alpha value is -0.570. The van der Waals surface area contributed by atoms with E-state index in [4.69, 9.17) is 17.5 Å². The molecule has 0 atom stereocenters. The average molecular weight is 200 g/mol. The van der Waals surface area contributed by atoms with Gasteiger partial charge in [-0.05, 0) is 36.1 Å². The quantitative estimate of drug-likeness (QED) is 0.756. The lowest BCUT2D eigenvalue weighted by Crippen LogP contribution is -2.03. The van der Waals surface area contributed by atoms with E-state index in [2.05, 4.69) is 17.8 Å². The van der Waals surface area contributed by atoms with Crippen molar-refractivity contribution in [3.05, 3.63) is 34.3 Å². The third-order valence-corrected chi connectivity index (χ3v) is 2.15. The van der Waals surface area contributed by atoms with Gasteiger partial charge in [-0.3, -0.25) is 0 Å². The molecule has 0 amide bonds. The lowest BCUT2D eigenvalue weighted by molar-refractivity contribution is 0.141. The van der Waals surface area contributed by atoms with Crippen molar-refractivity contribution in [2.24, 2.45) is 5.90 Å². The Morgan fingerprint density at radius 1 is 1.31 bits per heavy atom. The summed E-state index contributed by atoms with van der Waals surface area (Å²) in [7, 11) is 0. The smallest absolute Gasteiger partial charge is 0.0719 e. The number of benzene rings is 1. The van der Waals surface area contributed by atoms with Gasteiger partial charge in [-0.25, -0.2) is 5.90 Å². The van der Waals surface area contributed by atoms with Gasteiger partial charge < -0.3 is 4.84 Å². The van der Waals surface area contributed by atoms with Gasteiger partial charge in [-0.1, -0.05) is 24.6 Å². The number of halogens is 1. The van der Waals surface area contributed by atoms with Gasteiger partial charge >= 0.3 is 0 Å². The molecule has 1 aromatic carbocycles. The van der Waals surface area contributed by atoms with Crippen LogP contribution >= 0.6 is 11.6 Å². The molecule has 0 saturated carbocycles. The lowest BCUT2D eigenvalue weighted by Gasteiger charge is -2.04. The Bertz CT molecular complexity index is 276. The van der Waals surface area contributed by atoms with Crippen LogP contribution in [0.1, 0.15) is 18.1 Å². The minimum Gasteiger partial charge on any atom is -0.304 e. The van der Waals surface area contributed by atoms with Crippen LogP contribution in [0.25, 0.3) is 0 Å². The maximum Gasteiger partial charge on any atom is 0.0719 e. The fraction of sp³-hybridized carbons (Fsp3) is 0.400. The SMILES string of the molecule is CCc1cc(Cl)cc(CCON)c1. The molecule has 0 heterocycles. The highest BCUT2D eigenvalue weighted by atomic mass is 35.5. The Kier molecular flexibility index (Phi) is 4.22. The number of rotatable bonds is 4. The van der Waals surface area contributed by atoms with E-state index in [1.54, 1.807) is 0 Å². The first kappa shape index (κ1) is 10.5. The minimum absolute atomic E-state index is 0.531. The second-order valence-corrected chi connectivity index (χ2v) is 3.38. The molecule has 1 aromatic rings. The minimum atomic E-state index is 0.531. The number of hydrogen-bond acceptors (Lipinski definition) is 2. The van der Waals surface area contributed by atoms with E-state index in [0.717, 1.165) is 17.9 Å². The molecule has 0 aromatic heterocycles. The first-order valence-corrected chi connectivity index (χ1v) is 4.74. The van der Waals surface area contributed by atoms with Gasteiger partial charge in [0.05, 0.1) is 6.61 Å². The molecule has 13 heavy (non-hydrogen) atoms. The molecule has 0 aliphatic carbocycles. The van der Waals surface area contributed by atoms with Crippen molar-refractivity contribution < 1.29 is 4.84 Å². The molecule has 0 spiro atoms. The third-order valence-electron chi connectivity index (χ3n) is 1.93. The lowest BCUT2D eigenvalue weighted by atomic mass is 10.1. The van der Waals surface area contributed by atoms with E-state index < -0.39 is 0 Å². The highest BCUT2D eigenvalue weighted by molar-refractivity contribution is 6.30. The molecule has 0 bridgehead atoms. The Morgan fingerprint density at radius 3 is 2.62 bits per heavy atom. The van der Waals surface area contributed by atoms with Gasteiger partial charge in [0.15, 0.2) is 0 Å². The maximum atomic E-state index is 5.94. The van der Waals surface area contributed by atoms with Crippen molar-refractivity contribution in [1.82, 2.24) is 0 Å². The van der Waals surface area contributed by atoms with Gasteiger partial charge in [0, 0.05) is 5.02 Å². The molecular formula is C10H14ClNO. The molecule has 72 valence electrons. The number of aryl methyl sites for hydroxylation is 1. The molecule has 2 nitrogen and oxygen atoms in total. The largest absolute Gasteiger partial charge is 0.304 e. The van der Waals surface area contributed by atoms with Gasteiger partial charge in [0.25, 0.3) is 0 Å². The molecular weight excluding hydrogens is 186 g/mol. The van der Waals surface area contributed by atoms with E-state index in [1.165, 1.54) is 11.1 Å². The molecule has 0 unspecified atom stereocenters. The maximum absolute atomic E-state index is 5.94. The molecule has 0 aliphatic heterocycles. The van der Waals surface area contributed by atoms with Crippen LogP contribution in [0.3, 0.4) is 0 Å². The Balaban J connectivity index is 2.76. The highest BCUT2D eigenvalue weighted by Gasteiger charge is 1.98. The summed E-state index contributed by atoms with van der Waals surface area (Å²) in [6.45, 7) is 2.64. The summed E-state index contributed by atoms with van der Waals surface area (Å²) in [6, 6.07) is 6.05. The van der Waals surface area contributed by atoms with Crippen molar-refractivity contribution in [2.45, 2.75) is 19.8 Å². The molecule has 1 rings (SSSR count). The summed E-state index contributed by atoms with van der Waals surface area (Å²) in [4.78, 5) is 4.52.